The summed E-state index contributed by atoms with van der Waals surface area (Å²) in [6.45, 7) is 11.4. The summed E-state index contributed by atoms with van der Waals surface area (Å²) in [6, 6.07) is 11.2. The first-order valence-corrected chi connectivity index (χ1v) is 12.4. The topological polar surface area (TPSA) is 78.1 Å². The van der Waals surface area contributed by atoms with Crippen LogP contribution in [0.3, 0.4) is 0 Å². The van der Waals surface area contributed by atoms with E-state index >= 15 is 0 Å². The summed E-state index contributed by atoms with van der Waals surface area (Å²) in [7, 11) is 3.96. The first-order chi connectivity index (χ1) is 16.9. The molecule has 3 heterocycles. The van der Waals surface area contributed by atoms with Gasteiger partial charge in [-0.1, -0.05) is 51.1 Å². The Morgan fingerprint density at radius 1 is 1.08 bits per heavy atom. The lowest BCUT2D eigenvalue weighted by atomic mass is 9.85. The lowest BCUT2D eigenvalue weighted by Gasteiger charge is -2.27. The zero-order valence-corrected chi connectivity index (χ0v) is 22.3. The molecule has 0 bridgehead atoms. The summed E-state index contributed by atoms with van der Waals surface area (Å²) in [6.07, 6.45) is 2.53. The molecule has 2 aromatic heterocycles. The number of aryl methyl sites for hydroxylation is 2. The number of imidazole rings is 1. The molecule has 1 N–H and O–H groups in total. The van der Waals surface area contributed by atoms with Crippen molar-refractivity contribution in [2.75, 3.05) is 27.2 Å². The summed E-state index contributed by atoms with van der Waals surface area (Å²) in [5.74, 6) is -1.43. The fourth-order valence-corrected chi connectivity index (χ4v) is 4.91. The van der Waals surface area contributed by atoms with Crippen molar-refractivity contribution in [1.29, 1.82) is 0 Å². The number of aliphatic hydroxyl groups is 1. The minimum absolute atomic E-state index is 0.0302. The normalized spacial score (nSPS) is 18.1. The first kappa shape index (κ1) is 25.6. The molecule has 0 saturated carbocycles. The highest BCUT2D eigenvalue weighted by atomic mass is 16.3. The second kappa shape index (κ2) is 9.54. The number of carbonyl (C=O) groups excluding carboxylic acids is 2. The van der Waals surface area contributed by atoms with E-state index in [2.05, 4.69) is 25.8 Å². The van der Waals surface area contributed by atoms with Crippen molar-refractivity contribution in [2.45, 2.75) is 52.5 Å². The number of hydrogen-bond acceptors (Lipinski definition) is 5. The van der Waals surface area contributed by atoms with Crippen LogP contribution in [-0.4, -0.2) is 63.2 Å². The number of pyridine rings is 1. The number of nitrogens with zero attached hydrogens (tertiary/aromatic N) is 4. The minimum atomic E-state index is -0.670. The summed E-state index contributed by atoms with van der Waals surface area (Å²) < 4.78 is 1.79. The van der Waals surface area contributed by atoms with E-state index in [9.17, 15) is 14.7 Å². The number of rotatable bonds is 6. The highest BCUT2D eigenvalue weighted by Gasteiger charge is 2.46. The third-order valence-electron chi connectivity index (χ3n) is 6.88. The van der Waals surface area contributed by atoms with Gasteiger partial charge in [-0.25, -0.2) is 4.98 Å². The van der Waals surface area contributed by atoms with E-state index in [1.807, 2.05) is 75.4 Å². The molecule has 0 spiro atoms. The lowest BCUT2D eigenvalue weighted by Crippen LogP contribution is -2.32. The van der Waals surface area contributed by atoms with Crippen LogP contribution in [0.25, 0.3) is 11.4 Å². The van der Waals surface area contributed by atoms with Crippen molar-refractivity contribution >= 4 is 23.1 Å². The molecule has 1 atom stereocenters. The number of aliphatic hydroxyl groups excluding tert-OH is 1. The van der Waals surface area contributed by atoms with E-state index < -0.39 is 17.7 Å². The number of hydrogen-bond donors (Lipinski definition) is 1. The molecule has 1 amide bonds. The van der Waals surface area contributed by atoms with Gasteiger partial charge in [-0.2, -0.15) is 0 Å². The molecular weight excluding hydrogens is 452 g/mol. The van der Waals surface area contributed by atoms with Gasteiger partial charge in [0.2, 0.25) is 0 Å². The Hall–Kier alpha value is -3.45. The minimum Gasteiger partial charge on any atom is -0.505 e. The zero-order chi connectivity index (χ0) is 26.4. The maximum Gasteiger partial charge on any atom is 0.295 e. The third kappa shape index (κ3) is 4.55. The molecule has 7 nitrogen and oxygen atoms in total. The van der Waals surface area contributed by atoms with Crippen LogP contribution in [-0.2, 0) is 15.0 Å². The van der Waals surface area contributed by atoms with Crippen molar-refractivity contribution in [3.8, 4) is 0 Å². The summed E-state index contributed by atoms with van der Waals surface area (Å²) in [5.41, 5.74) is 4.75. The number of benzene rings is 1. The van der Waals surface area contributed by atoms with E-state index in [4.69, 9.17) is 0 Å². The molecule has 1 fully saturated rings. The van der Waals surface area contributed by atoms with Gasteiger partial charge in [0.15, 0.2) is 5.76 Å². The monoisotopic (exact) mass is 488 g/mol. The van der Waals surface area contributed by atoms with Crippen molar-refractivity contribution in [2.24, 2.45) is 0 Å². The second-order valence-corrected chi connectivity index (χ2v) is 11.0. The van der Waals surface area contributed by atoms with Crippen LogP contribution < -0.4 is 0 Å². The van der Waals surface area contributed by atoms with E-state index in [1.54, 1.807) is 9.30 Å². The van der Waals surface area contributed by atoms with Crippen LogP contribution in [0.4, 0.5) is 0 Å². The van der Waals surface area contributed by atoms with Crippen LogP contribution >= 0.6 is 0 Å². The van der Waals surface area contributed by atoms with Gasteiger partial charge in [0.25, 0.3) is 11.7 Å². The average molecular weight is 489 g/mol. The standard InChI is InChI=1S/C29H36N4O3/c1-18-10-8-16-32-23(19(2)30-27(18)32)25(34)22-24(20-11-13-21(14-12-20)29(3,4)5)33(28(36)26(22)35)17-9-15-31(6)7/h8,10-14,16,24,34H,9,15,17H2,1-7H3/t24-/m0/s1. The Balaban J connectivity index is 1.89. The molecule has 7 heteroatoms. The number of Topliss-reactive ketones (excluding diaryl/α,β-unsaturated/α-hetero) is 1. The van der Waals surface area contributed by atoms with Gasteiger partial charge in [-0.05, 0) is 69.1 Å². The smallest absolute Gasteiger partial charge is 0.295 e. The van der Waals surface area contributed by atoms with Gasteiger partial charge in [0.05, 0.1) is 17.3 Å². The predicted octanol–water partition coefficient (Wildman–Crippen LogP) is 4.62. The molecule has 0 radical (unpaired) electrons. The van der Waals surface area contributed by atoms with Crippen molar-refractivity contribution in [3.05, 3.63) is 76.2 Å². The largest absolute Gasteiger partial charge is 0.505 e. The van der Waals surface area contributed by atoms with Gasteiger partial charge in [0, 0.05) is 12.7 Å². The number of aromatic nitrogens is 2. The highest BCUT2D eigenvalue weighted by Crippen LogP contribution is 2.40. The molecular formula is C29H36N4O3. The van der Waals surface area contributed by atoms with Crippen LogP contribution in [0.2, 0.25) is 0 Å². The van der Waals surface area contributed by atoms with E-state index in [1.165, 1.54) is 0 Å². The SMILES string of the molecule is Cc1nc2c(C)cccn2c1C(O)=C1C(=O)C(=O)N(CCCN(C)C)[C@H]1c1ccc(C(C)(C)C)cc1. The Labute approximate surface area is 213 Å². The fourth-order valence-electron chi connectivity index (χ4n) is 4.91. The van der Waals surface area contributed by atoms with Gasteiger partial charge >= 0.3 is 0 Å². The van der Waals surface area contributed by atoms with Gasteiger partial charge in [-0.15, -0.1) is 0 Å². The quantitative estimate of drug-likeness (QED) is 0.311. The molecule has 1 saturated heterocycles. The summed E-state index contributed by atoms with van der Waals surface area (Å²) >= 11 is 0. The maximum atomic E-state index is 13.4. The molecule has 0 unspecified atom stereocenters. The number of likely N-dealkylation sites (tertiary alicyclic amines) is 1. The van der Waals surface area contributed by atoms with Crippen LogP contribution in [0.1, 0.15) is 61.3 Å². The molecule has 4 rings (SSSR count). The number of ketones is 1. The Kier molecular flexibility index (Phi) is 6.80. The molecule has 3 aromatic rings. The van der Waals surface area contributed by atoms with E-state index in [0.29, 0.717) is 30.0 Å². The van der Waals surface area contributed by atoms with Gasteiger partial charge in [-0.3, -0.25) is 14.0 Å². The first-order valence-electron chi connectivity index (χ1n) is 12.4. The Bertz CT molecular complexity index is 1340. The Morgan fingerprint density at radius 2 is 1.75 bits per heavy atom. The average Bonchev–Trinajstić information content (AvgIpc) is 3.27. The number of carbonyl (C=O) groups is 2. The lowest BCUT2D eigenvalue weighted by molar-refractivity contribution is -0.139. The fraction of sp³-hybridized carbons (Fsp3) is 0.414. The Morgan fingerprint density at radius 3 is 2.36 bits per heavy atom. The van der Waals surface area contributed by atoms with Gasteiger partial charge < -0.3 is 14.9 Å². The third-order valence-corrected chi connectivity index (χ3v) is 6.88. The second-order valence-electron chi connectivity index (χ2n) is 11.0. The van der Waals surface area contributed by atoms with E-state index in [0.717, 1.165) is 23.2 Å². The van der Waals surface area contributed by atoms with Crippen molar-refractivity contribution in [3.63, 3.8) is 0 Å². The predicted molar refractivity (Wildman–Crippen MR) is 142 cm³/mol. The number of fused-ring (bicyclic) bond motifs is 1. The maximum absolute atomic E-state index is 13.4. The van der Waals surface area contributed by atoms with E-state index in [-0.39, 0.29) is 16.7 Å². The van der Waals surface area contributed by atoms with Crippen LogP contribution in [0, 0.1) is 13.8 Å². The van der Waals surface area contributed by atoms with Crippen LogP contribution in [0.15, 0.2) is 48.2 Å². The van der Waals surface area contributed by atoms with Crippen molar-refractivity contribution < 1.29 is 14.7 Å². The molecule has 190 valence electrons. The molecule has 1 aromatic carbocycles. The molecule has 1 aliphatic heterocycles. The zero-order valence-electron chi connectivity index (χ0n) is 22.3. The van der Waals surface area contributed by atoms with Crippen molar-refractivity contribution in [1.82, 2.24) is 19.2 Å². The molecule has 36 heavy (non-hydrogen) atoms. The van der Waals surface area contributed by atoms with Crippen LogP contribution in [0.5, 0.6) is 0 Å². The summed E-state index contributed by atoms with van der Waals surface area (Å²) in [4.78, 5) is 35.0. The molecule has 1 aliphatic rings. The molecule has 0 aliphatic carbocycles. The number of amides is 1. The summed E-state index contributed by atoms with van der Waals surface area (Å²) in [5, 5.41) is 11.6. The van der Waals surface area contributed by atoms with Gasteiger partial charge in [0.1, 0.15) is 11.3 Å². The highest BCUT2D eigenvalue weighted by molar-refractivity contribution is 6.46.